The first-order chi connectivity index (χ1) is 12.8. The number of rotatable bonds is 7. The molecule has 3 N–H and O–H groups in total. The standard InChI is InChI=1S/C22H24INO3/c1-22(2,13-25)12-18-17-11-16(7-8-19(17)24-21(18)23)15-5-3-4-14(10-15)6-9-20(26)27/h3-5,7-8,10-11,24-25H,6,9,12-13H2,1-2H3,(H,26,27). The lowest BCUT2D eigenvalue weighted by Gasteiger charge is -2.21. The summed E-state index contributed by atoms with van der Waals surface area (Å²) in [5, 5.41) is 19.7. The number of halogens is 1. The Morgan fingerprint density at radius 3 is 2.59 bits per heavy atom. The van der Waals surface area contributed by atoms with Crippen molar-refractivity contribution in [3.8, 4) is 11.1 Å². The Kier molecular flexibility index (Phi) is 5.91. The summed E-state index contributed by atoms with van der Waals surface area (Å²) < 4.78 is 1.11. The van der Waals surface area contributed by atoms with E-state index in [4.69, 9.17) is 5.11 Å². The van der Waals surface area contributed by atoms with Gasteiger partial charge in [0.15, 0.2) is 0 Å². The van der Waals surface area contributed by atoms with Crippen LogP contribution in [0.25, 0.3) is 22.0 Å². The molecule has 0 saturated heterocycles. The van der Waals surface area contributed by atoms with Crippen LogP contribution in [-0.2, 0) is 17.6 Å². The Hall–Kier alpha value is -1.86. The number of aryl methyl sites for hydroxylation is 1. The molecular weight excluding hydrogens is 453 g/mol. The second-order valence-electron chi connectivity index (χ2n) is 7.77. The molecule has 2 aromatic carbocycles. The molecule has 0 aliphatic rings. The van der Waals surface area contributed by atoms with Crippen LogP contribution in [0.2, 0.25) is 0 Å². The maximum atomic E-state index is 10.8. The van der Waals surface area contributed by atoms with E-state index in [0.29, 0.717) is 6.42 Å². The molecule has 0 spiro atoms. The molecule has 5 heteroatoms. The third-order valence-corrected chi connectivity index (χ3v) is 5.75. The molecule has 0 saturated carbocycles. The van der Waals surface area contributed by atoms with Gasteiger partial charge in [-0.05, 0) is 75.2 Å². The zero-order valence-electron chi connectivity index (χ0n) is 15.6. The number of aliphatic hydroxyl groups excluding tert-OH is 1. The summed E-state index contributed by atoms with van der Waals surface area (Å²) in [4.78, 5) is 14.3. The van der Waals surface area contributed by atoms with Crippen molar-refractivity contribution in [2.24, 2.45) is 5.41 Å². The van der Waals surface area contributed by atoms with Crippen molar-refractivity contribution in [1.82, 2.24) is 4.98 Å². The van der Waals surface area contributed by atoms with E-state index in [2.05, 4.69) is 71.8 Å². The summed E-state index contributed by atoms with van der Waals surface area (Å²) >= 11 is 2.33. The van der Waals surface area contributed by atoms with Gasteiger partial charge in [0, 0.05) is 23.9 Å². The number of benzene rings is 2. The Labute approximate surface area is 172 Å². The predicted octanol–water partition coefficient (Wildman–Crippen LogP) is 5.02. The first-order valence-corrected chi connectivity index (χ1v) is 10.1. The lowest BCUT2D eigenvalue weighted by molar-refractivity contribution is -0.136. The number of carboxylic acid groups (broad SMARTS) is 1. The summed E-state index contributed by atoms with van der Waals surface area (Å²) in [6.07, 6.45) is 1.46. The minimum atomic E-state index is -0.778. The number of H-pyrrole nitrogens is 1. The fourth-order valence-electron chi connectivity index (χ4n) is 3.26. The average molecular weight is 477 g/mol. The van der Waals surface area contributed by atoms with Crippen LogP contribution in [0.15, 0.2) is 42.5 Å². The molecule has 0 bridgehead atoms. The zero-order chi connectivity index (χ0) is 19.6. The Bertz CT molecular complexity index is 975. The van der Waals surface area contributed by atoms with E-state index in [0.717, 1.165) is 32.3 Å². The van der Waals surface area contributed by atoms with Crippen LogP contribution in [0.4, 0.5) is 0 Å². The molecule has 4 nitrogen and oxygen atoms in total. The van der Waals surface area contributed by atoms with E-state index < -0.39 is 5.97 Å². The summed E-state index contributed by atoms with van der Waals surface area (Å²) in [5.41, 5.74) is 5.37. The summed E-state index contributed by atoms with van der Waals surface area (Å²) in [5.74, 6) is -0.778. The van der Waals surface area contributed by atoms with Crippen molar-refractivity contribution in [2.75, 3.05) is 6.61 Å². The molecule has 0 unspecified atom stereocenters. The zero-order valence-corrected chi connectivity index (χ0v) is 17.7. The molecule has 0 aliphatic carbocycles. The van der Waals surface area contributed by atoms with Gasteiger partial charge in [-0.15, -0.1) is 0 Å². The van der Waals surface area contributed by atoms with E-state index in [9.17, 15) is 9.90 Å². The molecule has 1 heterocycles. The highest BCUT2D eigenvalue weighted by atomic mass is 127. The van der Waals surface area contributed by atoms with E-state index in [1.165, 1.54) is 10.9 Å². The third-order valence-electron chi connectivity index (χ3n) is 4.83. The van der Waals surface area contributed by atoms with Gasteiger partial charge in [0.2, 0.25) is 0 Å². The van der Waals surface area contributed by atoms with Gasteiger partial charge >= 0.3 is 5.97 Å². The van der Waals surface area contributed by atoms with Gasteiger partial charge in [0.1, 0.15) is 0 Å². The minimum absolute atomic E-state index is 0.138. The normalized spacial score (nSPS) is 11.9. The smallest absolute Gasteiger partial charge is 0.303 e. The van der Waals surface area contributed by atoms with Crippen molar-refractivity contribution >= 4 is 39.5 Å². The molecule has 0 aliphatic heterocycles. The summed E-state index contributed by atoms with van der Waals surface area (Å²) in [7, 11) is 0. The fraction of sp³-hybridized carbons (Fsp3) is 0.318. The van der Waals surface area contributed by atoms with Crippen LogP contribution < -0.4 is 0 Å². The number of carbonyl (C=O) groups is 1. The Balaban J connectivity index is 1.99. The SMILES string of the molecule is CC(C)(CO)Cc1c(I)[nH]c2ccc(-c3cccc(CCC(=O)O)c3)cc12. The van der Waals surface area contributed by atoms with Crippen molar-refractivity contribution in [3.63, 3.8) is 0 Å². The van der Waals surface area contributed by atoms with Crippen LogP contribution in [0.3, 0.4) is 0 Å². The van der Waals surface area contributed by atoms with Crippen LogP contribution in [-0.4, -0.2) is 27.8 Å². The lowest BCUT2D eigenvalue weighted by atomic mass is 9.86. The molecule has 27 heavy (non-hydrogen) atoms. The summed E-state index contributed by atoms with van der Waals surface area (Å²) in [6, 6.07) is 14.4. The molecule has 1 aromatic heterocycles. The van der Waals surface area contributed by atoms with Crippen molar-refractivity contribution in [3.05, 3.63) is 57.3 Å². The number of fused-ring (bicyclic) bond motifs is 1. The van der Waals surface area contributed by atoms with Gasteiger partial charge in [0.05, 0.1) is 3.70 Å². The first kappa shape index (κ1) is 19.9. The van der Waals surface area contributed by atoms with Crippen molar-refractivity contribution in [2.45, 2.75) is 33.1 Å². The number of hydrogen-bond donors (Lipinski definition) is 3. The largest absolute Gasteiger partial charge is 0.481 e. The van der Waals surface area contributed by atoms with Crippen molar-refractivity contribution < 1.29 is 15.0 Å². The third kappa shape index (κ3) is 4.71. The van der Waals surface area contributed by atoms with Crippen LogP contribution in [0, 0.1) is 9.12 Å². The topological polar surface area (TPSA) is 73.3 Å². The van der Waals surface area contributed by atoms with Crippen LogP contribution in [0.5, 0.6) is 0 Å². The number of carboxylic acids is 1. The second-order valence-corrected chi connectivity index (χ2v) is 8.85. The van der Waals surface area contributed by atoms with Crippen molar-refractivity contribution in [1.29, 1.82) is 0 Å². The number of aromatic nitrogens is 1. The Morgan fingerprint density at radius 2 is 1.89 bits per heavy atom. The number of nitrogens with one attached hydrogen (secondary N) is 1. The van der Waals surface area contributed by atoms with Gasteiger partial charge in [-0.3, -0.25) is 4.79 Å². The maximum Gasteiger partial charge on any atom is 0.303 e. The molecule has 0 radical (unpaired) electrons. The highest BCUT2D eigenvalue weighted by Crippen LogP contribution is 2.33. The molecule has 0 atom stereocenters. The second kappa shape index (κ2) is 8.02. The first-order valence-electron chi connectivity index (χ1n) is 9.01. The quantitative estimate of drug-likeness (QED) is 0.419. The van der Waals surface area contributed by atoms with Crippen LogP contribution in [0.1, 0.15) is 31.4 Å². The fourth-order valence-corrected chi connectivity index (χ4v) is 4.03. The molecule has 142 valence electrons. The van der Waals surface area contributed by atoms with Crippen LogP contribution >= 0.6 is 22.6 Å². The maximum absolute atomic E-state index is 10.8. The molecular formula is C22H24INO3. The summed E-state index contributed by atoms with van der Waals surface area (Å²) in [6.45, 7) is 4.27. The average Bonchev–Trinajstić information content (AvgIpc) is 2.94. The monoisotopic (exact) mass is 477 g/mol. The predicted molar refractivity (Wildman–Crippen MR) is 117 cm³/mol. The van der Waals surface area contributed by atoms with Gasteiger partial charge in [0.25, 0.3) is 0 Å². The van der Waals surface area contributed by atoms with E-state index >= 15 is 0 Å². The van der Waals surface area contributed by atoms with E-state index in [1.807, 2.05) is 12.1 Å². The Morgan fingerprint density at radius 1 is 1.15 bits per heavy atom. The molecule has 3 rings (SSSR count). The van der Waals surface area contributed by atoms with E-state index in [-0.39, 0.29) is 18.4 Å². The van der Waals surface area contributed by atoms with Gasteiger partial charge in [-0.2, -0.15) is 0 Å². The molecule has 3 aromatic rings. The number of aliphatic carboxylic acids is 1. The highest BCUT2D eigenvalue weighted by molar-refractivity contribution is 14.1. The molecule has 0 amide bonds. The van der Waals surface area contributed by atoms with Gasteiger partial charge in [-0.25, -0.2) is 0 Å². The number of aliphatic hydroxyl groups is 1. The van der Waals surface area contributed by atoms with E-state index in [1.54, 1.807) is 0 Å². The minimum Gasteiger partial charge on any atom is -0.481 e. The number of aromatic amines is 1. The van der Waals surface area contributed by atoms with Gasteiger partial charge in [-0.1, -0.05) is 44.2 Å². The lowest BCUT2D eigenvalue weighted by Crippen LogP contribution is -2.20. The molecule has 0 fully saturated rings. The number of hydrogen-bond acceptors (Lipinski definition) is 2. The highest BCUT2D eigenvalue weighted by Gasteiger charge is 2.21. The van der Waals surface area contributed by atoms with Gasteiger partial charge < -0.3 is 15.2 Å².